The van der Waals surface area contributed by atoms with E-state index in [2.05, 4.69) is 4.72 Å². The molecule has 2 aliphatic heterocycles. The molecular formula is C17H18N2O5S. The van der Waals surface area contributed by atoms with E-state index in [1.54, 1.807) is 30.3 Å². The van der Waals surface area contributed by atoms with E-state index >= 15 is 0 Å². The zero-order valence-corrected chi connectivity index (χ0v) is 14.5. The Hall–Kier alpha value is -2.45. The Morgan fingerprint density at radius 1 is 1.04 bits per heavy atom. The van der Waals surface area contributed by atoms with E-state index in [0.29, 0.717) is 23.9 Å². The van der Waals surface area contributed by atoms with Gasteiger partial charge in [0.25, 0.3) is 0 Å². The van der Waals surface area contributed by atoms with Crippen LogP contribution in [0.1, 0.15) is 5.56 Å². The Bertz CT molecular complexity index is 913. The lowest BCUT2D eigenvalue weighted by Crippen LogP contribution is -2.29. The molecule has 1 N–H and O–H groups in total. The lowest BCUT2D eigenvalue weighted by Gasteiger charge is -2.28. The number of likely N-dealkylation sites (N-methyl/N-ethyl adjacent to an activating group) is 1. The molecule has 4 rings (SSSR count). The zero-order chi connectivity index (χ0) is 17.4. The smallest absolute Gasteiger partial charge is 0.240 e. The first-order chi connectivity index (χ1) is 12.0. The van der Waals surface area contributed by atoms with Crippen LogP contribution in [0, 0.1) is 0 Å². The summed E-state index contributed by atoms with van der Waals surface area (Å²) in [7, 11) is -1.72. The topological polar surface area (TPSA) is 77.1 Å². The number of nitrogens with one attached hydrogen (secondary N) is 1. The molecule has 0 unspecified atom stereocenters. The third-order valence-electron chi connectivity index (χ3n) is 4.24. The highest BCUT2D eigenvalue weighted by atomic mass is 32.2. The summed E-state index contributed by atoms with van der Waals surface area (Å²) in [6.45, 7) is 1.68. The maximum Gasteiger partial charge on any atom is 0.240 e. The summed E-state index contributed by atoms with van der Waals surface area (Å²) < 4.78 is 43.9. The van der Waals surface area contributed by atoms with Crippen molar-refractivity contribution >= 4 is 15.7 Å². The van der Waals surface area contributed by atoms with Crippen molar-refractivity contribution in [3.63, 3.8) is 0 Å². The van der Waals surface area contributed by atoms with Crippen molar-refractivity contribution in [2.24, 2.45) is 0 Å². The van der Waals surface area contributed by atoms with Crippen LogP contribution in [0.15, 0.2) is 41.3 Å². The molecule has 0 saturated carbocycles. The molecule has 132 valence electrons. The maximum atomic E-state index is 12.6. The standard InChI is InChI=1S/C17H18N2O5S/c1-19-6-7-22-15-5-3-13(9-14(15)19)25(20,21)18-10-12-2-4-16-17(8-12)24-11-23-16/h2-5,8-9,18H,6-7,10-11H2,1H3. The molecule has 0 fully saturated rings. The van der Waals surface area contributed by atoms with Gasteiger partial charge in [0.2, 0.25) is 16.8 Å². The quantitative estimate of drug-likeness (QED) is 0.893. The fourth-order valence-corrected chi connectivity index (χ4v) is 3.85. The highest BCUT2D eigenvalue weighted by Crippen LogP contribution is 2.34. The number of rotatable bonds is 4. The molecule has 2 aliphatic rings. The molecule has 2 heterocycles. The van der Waals surface area contributed by atoms with Crippen molar-refractivity contribution in [1.82, 2.24) is 4.72 Å². The summed E-state index contributed by atoms with van der Waals surface area (Å²) in [5.41, 5.74) is 1.57. The molecule has 0 saturated heterocycles. The number of ether oxygens (including phenoxy) is 3. The van der Waals surface area contributed by atoms with E-state index in [-0.39, 0.29) is 18.2 Å². The Kier molecular flexibility index (Phi) is 3.93. The Labute approximate surface area is 146 Å². The molecule has 0 amide bonds. The van der Waals surface area contributed by atoms with E-state index in [0.717, 1.165) is 17.8 Å². The van der Waals surface area contributed by atoms with Crippen LogP contribution >= 0.6 is 0 Å². The minimum absolute atomic E-state index is 0.169. The highest BCUT2D eigenvalue weighted by Gasteiger charge is 2.21. The van der Waals surface area contributed by atoms with Crippen LogP contribution in [-0.2, 0) is 16.6 Å². The van der Waals surface area contributed by atoms with E-state index < -0.39 is 10.0 Å². The predicted octanol–water partition coefficient (Wildman–Crippen LogP) is 1.72. The van der Waals surface area contributed by atoms with E-state index in [1.165, 1.54) is 0 Å². The molecule has 8 heteroatoms. The Morgan fingerprint density at radius 3 is 2.72 bits per heavy atom. The summed E-state index contributed by atoms with van der Waals surface area (Å²) >= 11 is 0. The van der Waals surface area contributed by atoms with Gasteiger partial charge in [-0.2, -0.15) is 0 Å². The van der Waals surface area contributed by atoms with Crippen molar-refractivity contribution < 1.29 is 22.6 Å². The highest BCUT2D eigenvalue weighted by molar-refractivity contribution is 7.89. The number of anilines is 1. The number of benzene rings is 2. The van der Waals surface area contributed by atoms with Gasteiger partial charge in [0.05, 0.1) is 17.1 Å². The van der Waals surface area contributed by atoms with E-state index in [9.17, 15) is 8.42 Å². The summed E-state index contributed by atoms with van der Waals surface area (Å²) in [5.74, 6) is 2.00. The summed E-state index contributed by atoms with van der Waals surface area (Å²) in [5, 5.41) is 0. The summed E-state index contributed by atoms with van der Waals surface area (Å²) in [6.07, 6.45) is 0. The van der Waals surface area contributed by atoms with Gasteiger partial charge in [-0.3, -0.25) is 0 Å². The van der Waals surface area contributed by atoms with Crippen LogP contribution in [0.25, 0.3) is 0 Å². The van der Waals surface area contributed by atoms with Crippen LogP contribution in [0.4, 0.5) is 5.69 Å². The maximum absolute atomic E-state index is 12.6. The van der Waals surface area contributed by atoms with Gasteiger partial charge in [-0.25, -0.2) is 13.1 Å². The third-order valence-corrected chi connectivity index (χ3v) is 5.64. The second-order valence-electron chi connectivity index (χ2n) is 5.91. The van der Waals surface area contributed by atoms with Gasteiger partial charge in [0.1, 0.15) is 12.4 Å². The minimum atomic E-state index is -3.63. The van der Waals surface area contributed by atoms with Crippen molar-refractivity contribution in [2.75, 3.05) is 31.9 Å². The third kappa shape index (κ3) is 3.10. The fraction of sp³-hybridized carbons (Fsp3) is 0.294. The predicted molar refractivity (Wildman–Crippen MR) is 91.8 cm³/mol. The molecule has 0 aromatic heterocycles. The van der Waals surface area contributed by atoms with Crippen LogP contribution in [0.5, 0.6) is 17.2 Å². The molecule has 0 bridgehead atoms. The first kappa shape index (κ1) is 16.0. The van der Waals surface area contributed by atoms with E-state index in [1.807, 2.05) is 18.0 Å². The Balaban J connectivity index is 1.53. The summed E-state index contributed by atoms with van der Waals surface area (Å²) in [6, 6.07) is 10.2. The number of fused-ring (bicyclic) bond motifs is 2. The van der Waals surface area contributed by atoms with Gasteiger partial charge in [-0.1, -0.05) is 6.07 Å². The van der Waals surface area contributed by atoms with Crippen LogP contribution in [-0.4, -0.2) is 35.4 Å². The zero-order valence-electron chi connectivity index (χ0n) is 13.7. The van der Waals surface area contributed by atoms with Gasteiger partial charge in [-0.05, 0) is 35.9 Å². The van der Waals surface area contributed by atoms with Gasteiger partial charge in [-0.15, -0.1) is 0 Å². The molecule has 0 atom stereocenters. The molecule has 0 aliphatic carbocycles. The molecule has 7 nitrogen and oxygen atoms in total. The number of nitrogens with zero attached hydrogens (tertiary/aromatic N) is 1. The number of hydrogen-bond donors (Lipinski definition) is 1. The lowest BCUT2D eigenvalue weighted by atomic mass is 10.2. The van der Waals surface area contributed by atoms with Crippen molar-refractivity contribution in [3.8, 4) is 17.2 Å². The van der Waals surface area contributed by atoms with Gasteiger partial charge in [0.15, 0.2) is 11.5 Å². The minimum Gasteiger partial charge on any atom is -0.490 e. The Morgan fingerprint density at radius 2 is 1.84 bits per heavy atom. The molecule has 0 radical (unpaired) electrons. The average Bonchev–Trinajstić information content (AvgIpc) is 3.08. The van der Waals surface area contributed by atoms with Crippen molar-refractivity contribution in [3.05, 3.63) is 42.0 Å². The molecule has 0 spiro atoms. The fourth-order valence-electron chi connectivity index (χ4n) is 2.81. The van der Waals surface area contributed by atoms with Crippen molar-refractivity contribution in [1.29, 1.82) is 0 Å². The van der Waals surface area contributed by atoms with Crippen LogP contribution in [0.3, 0.4) is 0 Å². The number of sulfonamides is 1. The van der Waals surface area contributed by atoms with Gasteiger partial charge in [0, 0.05) is 13.6 Å². The summed E-state index contributed by atoms with van der Waals surface area (Å²) in [4.78, 5) is 2.19. The first-order valence-electron chi connectivity index (χ1n) is 7.89. The monoisotopic (exact) mass is 362 g/mol. The largest absolute Gasteiger partial charge is 0.490 e. The van der Waals surface area contributed by atoms with Gasteiger partial charge >= 0.3 is 0 Å². The lowest BCUT2D eigenvalue weighted by molar-refractivity contribution is 0.174. The van der Waals surface area contributed by atoms with Crippen LogP contribution in [0.2, 0.25) is 0 Å². The molecule has 2 aromatic rings. The number of hydrogen-bond acceptors (Lipinski definition) is 6. The van der Waals surface area contributed by atoms with Gasteiger partial charge < -0.3 is 19.1 Å². The second-order valence-corrected chi connectivity index (χ2v) is 7.68. The second kappa shape index (κ2) is 6.12. The van der Waals surface area contributed by atoms with Crippen molar-refractivity contribution in [2.45, 2.75) is 11.4 Å². The average molecular weight is 362 g/mol. The normalized spacial score (nSPS) is 15.6. The molecule has 2 aromatic carbocycles. The van der Waals surface area contributed by atoms with Crippen LogP contribution < -0.4 is 23.8 Å². The van der Waals surface area contributed by atoms with E-state index in [4.69, 9.17) is 14.2 Å². The molecular weight excluding hydrogens is 344 g/mol. The molecule has 25 heavy (non-hydrogen) atoms. The first-order valence-corrected chi connectivity index (χ1v) is 9.37. The SMILES string of the molecule is CN1CCOc2ccc(S(=O)(=O)NCc3ccc4c(c3)OCO4)cc21.